The average Bonchev–Trinajstić information content (AvgIpc) is 2.70. The smallest absolute Gasteiger partial charge is 0.0475 e. The second-order valence-electron chi connectivity index (χ2n) is 13.7. The Morgan fingerprint density at radius 1 is 0.719 bits per heavy atom. The largest absolute Gasteiger partial charge is 0.257 e. The zero-order valence-electron chi connectivity index (χ0n) is 21.5. The van der Waals surface area contributed by atoms with Crippen LogP contribution in [0.1, 0.15) is 120 Å². The first-order chi connectivity index (χ1) is 14.8. The van der Waals surface area contributed by atoms with Crippen LogP contribution in [0.3, 0.4) is 0 Å². The highest BCUT2D eigenvalue weighted by atomic mass is 14.8. The molecule has 0 aliphatic heterocycles. The minimum absolute atomic E-state index is 0.166. The van der Waals surface area contributed by atoms with Gasteiger partial charge in [0.15, 0.2) is 0 Å². The van der Waals surface area contributed by atoms with Gasteiger partial charge >= 0.3 is 0 Å². The van der Waals surface area contributed by atoms with Gasteiger partial charge in [-0.15, -0.1) is 0 Å². The number of hydrogen-bond donors (Lipinski definition) is 0. The second-order valence-corrected chi connectivity index (χ2v) is 13.7. The standard InChI is InChI=1S/C16H23N.C14H19N/c1-15(2,3)13-7-6-10-8-11-9-12(14(10)17-13)16(11,4)5;1-14(2,3)12-5-4-10-6-9-7-11(8-9)13(10)15-12/h6-7,11-12H,8-9H2,1-5H3;4-5,9,11H,6-8H2,1-3H3/t11-,12-;/m1./s1. The summed E-state index contributed by atoms with van der Waals surface area (Å²) in [5.74, 6) is 3.37. The van der Waals surface area contributed by atoms with E-state index in [-0.39, 0.29) is 10.8 Å². The molecule has 2 heterocycles. The quantitative estimate of drug-likeness (QED) is 0.432. The van der Waals surface area contributed by atoms with Gasteiger partial charge in [-0.05, 0) is 72.6 Å². The molecule has 0 aromatic carbocycles. The third-order valence-corrected chi connectivity index (χ3v) is 8.96. The summed E-state index contributed by atoms with van der Waals surface area (Å²) in [4.78, 5) is 9.90. The zero-order chi connectivity index (χ0) is 23.1. The van der Waals surface area contributed by atoms with Gasteiger partial charge in [-0.25, -0.2) is 0 Å². The van der Waals surface area contributed by atoms with Crippen LogP contribution in [0.2, 0.25) is 0 Å². The molecule has 2 fully saturated rings. The highest BCUT2D eigenvalue weighted by molar-refractivity contribution is 5.37. The maximum absolute atomic E-state index is 5.00. The third kappa shape index (κ3) is 3.62. The van der Waals surface area contributed by atoms with E-state index >= 15 is 0 Å². The summed E-state index contributed by atoms with van der Waals surface area (Å²) in [7, 11) is 0. The van der Waals surface area contributed by atoms with E-state index in [1.165, 1.54) is 66.0 Å². The van der Waals surface area contributed by atoms with Crippen molar-refractivity contribution in [2.24, 2.45) is 17.3 Å². The van der Waals surface area contributed by atoms with Crippen LogP contribution in [0.25, 0.3) is 0 Å². The van der Waals surface area contributed by atoms with Crippen molar-refractivity contribution in [3.8, 4) is 0 Å². The molecule has 4 bridgehead atoms. The molecule has 32 heavy (non-hydrogen) atoms. The van der Waals surface area contributed by atoms with Crippen LogP contribution in [0.4, 0.5) is 0 Å². The van der Waals surface area contributed by atoms with Crippen molar-refractivity contribution in [2.45, 2.75) is 110 Å². The lowest BCUT2D eigenvalue weighted by Crippen LogP contribution is -2.48. The van der Waals surface area contributed by atoms with E-state index in [1.54, 1.807) is 0 Å². The van der Waals surface area contributed by atoms with Crippen LogP contribution in [-0.4, -0.2) is 9.97 Å². The maximum Gasteiger partial charge on any atom is 0.0475 e. The van der Waals surface area contributed by atoms with Crippen molar-refractivity contribution in [3.05, 3.63) is 58.2 Å². The van der Waals surface area contributed by atoms with Crippen LogP contribution in [0.5, 0.6) is 0 Å². The summed E-state index contributed by atoms with van der Waals surface area (Å²) in [6.07, 6.45) is 6.68. The minimum Gasteiger partial charge on any atom is -0.257 e. The van der Waals surface area contributed by atoms with Crippen molar-refractivity contribution in [1.29, 1.82) is 0 Å². The van der Waals surface area contributed by atoms with Gasteiger partial charge in [0, 0.05) is 45.4 Å². The van der Waals surface area contributed by atoms with E-state index in [0.717, 1.165) is 17.8 Å². The van der Waals surface area contributed by atoms with Crippen molar-refractivity contribution in [1.82, 2.24) is 9.97 Å². The molecule has 2 nitrogen and oxygen atoms in total. The number of hydrogen-bond acceptors (Lipinski definition) is 2. The highest BCUT2D eigenvalue weighted by Crippen LogP contribution is 2.61. The first kappa shape index (κ1) is 22.1. The summed E-state index contributed by atoms with van der Waals surface area (Å²) in [5.41, 5.74) is 9.21. The van der Waals surface area contributed by atoms with E-state index in [0.29, 0.717) is 11.3 Å². The molecule has 6 aliphatic carbocycles. The second kappa shape index (κ2) is 7.15. The summed E-state index contributed by atoms with van der Waals surface area (Å²) in [5, 5.41) is 0. The first-order valence-corrected chi connectivity index (χ1v) is 12.8. The minimum atomic E-state index is 0.166. The fourth-order valence-electron chi connectivity index (χ4n) is 6.37. The van der Waals surface area contributed by atoms with Crippen LogP contribution in [-0.2, 0) is 23.7 Å². The Morgan fingerprint density at radius 2 is 1.25 bits per heavy atom. The van der Waals surface area contributed by atoms with Crippen LogP contribution >= 0.6 is 0 Å². The first-order valence-electron chi connectivity index (χ1n) is 12.8. The fraction of sp³-hybridized carbons (Fsp3) is 0.667. The zero-order valence-corrected chi connectivity index (χ0v) is 21.5. The van der Waals surface area contributed by atoms with Gasteiger partial charge in [-0.1, -0.05) is 67.5 Å². The molecule has 2 saturated carbocycles. The Bertz CT molecular complexity index is 1030. The summed E-state index contributed by atoms with van der Waals surface area (Å²) < 4.78 is 0. The number of aromatic nitrogens is 2. The van der Waals surface area contributed by atoms with Crippen LogP contribution in [0, 0.1) is 17.3 Å². The summed E-state index contributed by atoms with van der Waals surface area (Å²) in [6, 6.07) is 9.11. The van der Waals surface area contributed by atoms with Crippen molar-refractivity contribution in [3.63, 3.8) is 0 Å². The normalized spacial score (nSPS) is 28.9. The van der Waals surface area contributed by atoms with Crippen molar-refractivity contribution >= 4 is 0 Å². The molecule has 2 aromatic rings. The number of pyridine rings is 2. The van der Waals surface area contributed by atoms with E-state index in [2.05, 4.69) is 79.7 Å². The van der Waals surface area contributed by atoms with Gasteiger partial charge in [0.05, 0.1) is 0 Å². The van der Waals surface area contributed by atoms with E-state index in [9.17, 15) is 0 Å². The molecule has 2 atom stereocenters. The molecule has 0 amide bonds. The molecule has 2 heteroatoms. The number of nitrogens with zero attached hydrogens (tertiary/aromatic N) is 2. The van der Waals surface area contributed by atoms with Crippen LogP contribution in [0.15, 0.2) is 24.3 Å². The lowest BCUT2D eigenvalue weighted by atomic mass is 9.48. The lowest BCUT2D eigenvalue weighted by molar-refractivity contribution is 0.0152. The lowest BCUT2D eigenvalue weighted by Gasteiger charge is -2.56. The van der Waals surface area contributed by atoms with Crippen molar-refractivity contribution < 1.29 is 0 Å². The molecule has 8 rings (SSSR count). The van der Waals surface area contributed by atoms with E-state index in [4.69, 9.17) is 9.97 Å². The maximum atomic E-state index is 5.00. The fourth-order valence-corrected chi connectivity index (χ4v) is 6.37. The van der Waals surface area contributed by atoms with Gasteiger partial charge in [-0.2, -0.15) is 0 Å². The van der Waals surface area contributed by atoms with Gasteiger partial charge in [0.1, 0.15) is 0 Å². The predicted octanol–water partition coefficient (Wildman–Crippen LogP) is 7.49. The third-order valence-electron chi connectivity index (χ3n) is 8.96. The summed E-state index contributed by atoms with van der Waals surface area (Å²) in [6.45, 7) is 18.3. The SMILES string of the molecule is CC(C)(C)c1ccc2c(n1)C1CC(C2)C1.CC(C)(C)c1ccc2c(n1)[C@H]1C[C@@H](C2)C1(C)C. The Labute approximate surface area is 195 Å². The van der Waals surface area contributed by atoms with Crippen molar-refractivity contribution in [2.75, 3.05) is 0 Å². The topological polar surface area (TPSA) is 25.8 Å². The molecule has 172 valence electrons. The number of rotatable bonds is 0. The molecule has 2 aromatic heterocycles. The van der Waals surface area contributed by atoms with Crippen LogP contribution < -0.4 is 0 Å². The Kier molecular flexibility index (Phi) is 4.94. The molecule has 0 saturated heterocycles. The van der Waals surface area contributed by atoms with Gasteiger partial charge in [-0.3, -0.25) is 9.97 Å². The molecule has 6 aliphatic rings. The Morgan fingerprint density at radius 3 is 1.78 bits per heavy atom. The Hall–Kier alpha value is -1.70. The highest BCUT2D eigenvalue weighted by Gasteiger charge is 2.53. The molecule has 0 unspecified atom stereocenters. The van der Waals surface area contributed by atoms with Gasteiger partial charge in [0.2, 0.25) is 0 Å². The monoisotopic (exact) mass is 430 g/mol. The predicted molar refractivity (Wildman–Crippen MR) is 133 cm³/mol. The van der Waals surface area contributed by atoms with Gasteiger partial charge < -0.3 is 0 Å². The van der Waals surface area contributed by atoms with Gasteiger partial charge in [0.25, 0.3) is 0 Å². The summed E-state index contributed by atoms with van der Waals surface area (Å²) >= 11 is 0. The molecular formula is C30H42N2. The average molecular weight is 431 g/mol. The molecule has 0 spiro atoms. The molecule has 0 radical (unpaired) electrons. The Balaban J connectivity index is 0.000000136. The van der Waals surface area contributed by atoms with E-state index < -0.39 is 0 Å². The molecular weight excluding hydrogens is 388 g/mol. The van der Waals surface area contributed by atoms with E-state index in [1.807, 2.05) is 0 Å². The molecule has 0 N–H and O–H groups in total.